The van der Waals surface area contributed by atoms with Gasteiger partial charge in [-0.25, -0.2) is 0 Å². The van der Waals surface area contributed by atoms with Crippen molar-refractivity contribution in [1.82, 2.24) is 10.3 Å². The number of H-pyrrole nitrogens is 1. The maximum atomic E-state index is 11.2. The molecule has 1 amide bonds. The number of hydrogen-bond donors (Lipinski definition) is 3. The summed E-state index contributed by atoms with van der Waals surface area (Å²) in [6, 6.07) is 14.1. The van der Waals surface area contributed by atoms with Gasteiger partial charge in [-0.15, -0.1) is 0 Å². The number of carbonyl (C=O) groups is 1. The quantitative estimate of drug-likeness (QED) is 0.463. The summed E-state index contributed by atoms with van der Waals surface area (Å²) in [5, 5.41) is 4.81. The first-order valence-corrected chi connectivity index (χ1v) is 9.85. The van der Waals surface area contributed by atoms with E-state index in [9.17, 15) is 4.79 Å². The maximum absolute atomic E-state index is 11.2. The zero-order chi connectivity index (χ0) is 19.1. The molecule has 0 radical (unpaired) electrons. The lowest BCUT2D eigenvalue weighted by Gasteiger charge is -2.06. The van der Waals surface area contributed by atoms with Crippen LogP contribution in [-0.4, -0.2) is 17.4 Å². The fourth-order valence-electron chi connectivity index (χ4n) is 3.40. The van der Waals surface area contributed by atoms with E-state index >= 15 is 0 Å². The van der Waals surface area contributed by atoms with E-state index in [1.165, 1.54) is 47.8 Å². The van der Waals surface area contributed by atoms with Crippen LogP contribution in [0.1, 0.15) is 59.7 Å². The Bertz CT molecular complexity index is 880. The highest BCUT2D eigenvalue weighted by Crippen LogP contribution is 2.23. The van der Waals surface area contributed by atoms with Crippen molar-refractivity contribution in [3.8, 4) is 0 Å². The smallest absolute Gasteiger partial charge is 0.248 e. The van der Waals surface area contributed by atoms with Crippen LogP contribution in [0.4, 0.5) is 0 Å². The number of aromatic nitrogens is 1. The summed E-state index contributed by atoms with van der Waals surface area (Å²) < 4.78 is 0. The number of nitrogens with two attached hydrogens (primary N) is 1. The topological polar surface area (TPSA) is 70.9 Å². The zero-order valence-electron chi connectivity index (χ0n) is 16.1. The molecule has 1 heterocycles. The molecule has 0 saturated heterocycles. The SMILES string of the molecule is CCCCCCNCc1ccc2[nH]cc(Cc3ccc(C(N)=O)cc3)c2c1. The van der Waals surface area contributed by atoms with E-state index in [4.69, 9.17) is 5.73 Å². The van der Waals surface area contributed by atoms with Gasteiger partial charge in [-0.1, -0.05) is 44.4 Å². The summed E-state index contributed by atoms with van der Waals surface area (Å²) in [6.45, 7) is 4.22. The van der Waals surface area contributed by atoms with Crippen LogP contribution >= 0.6 is 0 Å². The van der Waals surface area contributed by atoms with Gasteiger partial charge in [0.25, 0.3) is 0 Å². The number of carbonyl (C=O) groups excluding carboxylic acids is 1. The van der Waals surface area contributed by atoms with E-state index in [-0.39, 0.29) is 5.91 Å². The Labute approximate surface area is 161 Å². The van der Waals surface area contributed by atoms with Crippen LogP contribution in [0, 0.1) is 0 Å². The van der Waals surface area contributed by atoms with Crippen molar-refractivity contribution in [1.29, 1.82) is 0 Å². The molecular formula is C23H29N3O. The lowest BCUT2D eigenvalue weighted by Crippen LogP contribution is -2.14. The first kappa shape index (κ1) is 19.2. The number of aromatic amines is 1. The summed E-state index contributed by atoms with van der Waals surface area (Å²) in [7, 11) is 0. The molecule has 142 valence electrons. The summed E-state index contributed by atoms with van der Waals surface area (Å²) in [4.78, 5) is 14.6. The first-order valence-electron chi connectivity index (χ1n) is 9.85. The number of rotatable bonds is 10. The maximum Gasteiger partial charge on any atom is 0.248 e. The van der Waals surface area contributed by atoms with Gasteiger partial charge in [-0.3, -0.25) is 4.79 Å². The minimum Gasteiger partial charge on any atom is -0.366 e. The second-order valence-electron chi connectivity index (χ2n) is 7.17. The minimum atomic E-state index is -0.388. The molecule has 4 N–H and O–H groups in total. The van der Waals surface area contributed by atoms with Crippen molar-refractivity contribution in [2.75, 3.05) is 6.54 Å². The monoisotopic (exact) mass is 363 g/mol. The highest BCUT2D eigenvalue weighted by atomic mass is 16.1. The third-order valence-corrected chi connectivity index (χ3v) is 5.00. The molecule has 27 heavy (non-hydrogen) atoms. The fourth-order valence-corrected chi connectivity index (χ4v) is 3.40. The Morgan fingerprint density at radius 2 is 1.81 bits per heavy atom. The largest absolute Gasteiger partial charge is 0.366 e. The number of amides is 1. The van der Waals surface area contributed by atoms with Crippen LogP contribution in [0.25, 0.3) is 10.9 Å². The van der Waals surface area contributed by atoms with E-state index in [0.29, 0.717) is 5.56 Å². The summed E-state index contributed by atoms with van der Waals surface area (Å²) >= 11 is 0. The number of unbranched alkanes of at least 4 members (excludes halogenated alkanes) is 3. The molecule has 0 aliphatic rings. The molecule has 4 heteroatoms. The summed E-state index contributed by atoms with van der Waals surface area (Å²) in [6.07, 6.45) is 8.05. The lowest BCUT2D eigenvalue weighted by molar-refractivity contribution is 0.100. The Kier molecular flexibility index (Phi) is 6.66. The van der Waals surface area contributed by atoms with Crippen LogP contribution < -0.4 is 11.1 Å². The molecule has 0 atom stereocenters. The van der Waals surface area contributed by atoms with Gasteiger partial charge in [0.2, 0.25) is 5.91 Å². The first-order chi connectivity index (χ1) is 13.2. The van der Waals surface area contributed by atoms with Crippen molar-refractivity contribution in [3.63, 3.8) is 0 Å². The van der Waals surface area contributed by atoms with Gasteiger partial charge in [0, 0.05) is 29.2 Å². The predicted octanol–water partition coefficient (Wildman–Crippen LogP) is 4.53. The zero-order valence-corrected chi connectivity index (χ0v) is 16.1. The normalized spacial score (nSPS) is 11.1. The van der Waals surface area contributed by atoms with Gasteiger partial charge >= 0.3 is 0 Å². The molecule has 3 aromatic rings. The van der Waals surface area contributed by atoms with Gasteiger partial charge in [0.05, 0.1) is 0 Å². The molecule has 0 bridgehead atoms. The Hall–Kier alpha value is -2.59. The number of fused-ring (bicyclic) bond motifs is 1. The summed E-state index contributed by atoms with van der Waals surface area (Å²) in [5.74, 6) is -0.388. The molecule has 0 aliphatic carbocycles. The Morgan fingerprint density at radius 3 is 2.56 bits per heavy atom. The number of primary amides is 1. The standard InChI is InChI=1S/C23H29N3O/c1-2-3-4-5-12-25-15-18-8-11-22-21(14-18)20(16-26-22)13-17-6-9-19(10-7-17)23(24)27/h6-11,14,16,25-26H,2-5,12-13,15H2,1H3,(H2,24,27). The lowest BCUT2D eigenvalue weighted by atomic mass is 10.0. The van der Waals surface area contributed by atoms with E-state index in [2.05, 4.69) is 41.6 Å². The molecule has 0 aliphatic heterocycles. The second-order valence-corrected chi connectivity index (χ2v) is 7.17. The Balaban J connectivity index is 1.65. The van der Waals surface area contributed by atoms with Crippen molar-refractivity contribution in [3.05, 3.63) is 70.9 Å². The third kappa shape index (κ3) is 5.20. The van der Waals surface area contributed by atoms with Gasteiger partial charge in [-0.05, 0) is 60.3 Å². The van der Waals surface area contributed by atoms with Crippen LogP contribution in [0.5, 0.6) is 0 Å². The highest BCUT2D eigenvalue weighted by Gasteiger charge is 2.07. The molecule has 0 saturated carbocycles. The molecule has 3 rings (SSSR count). The van der Waals surface area contributed by atoms with Crippen LogP contribution in [0.15, 0.2) is 48.7 Å². The predicted molar refractivity (Wildman–Crippen MR) is 112 cm³/mol. The molecule has 4 nitrogen and oxygen atoms in total. The van der Waals surface area contributed by atoms with E-state index in [1.54, 1.807) is 12.1 Å². The third-order valence-electron chi connectivity index (χ3n) is 5.00. The van der Waals surface area contributed by atoms with Crippen LogP contribution in [0.3, 0.4) is 0 Å². The van der Waals surface area contributed by atoms with Gasteiger partial charge in [-0.2, -0.15) is 0 Å². The molecule has 1 aromatic heterocycles. The molecule has 0 unspecified atom stereocenters. The molecule has 0 fully saturated rings. The van der Waals surface area contributed by atoms with Crippen molar-refractivity contribution in [2.45, 2.75) is 45.6 Å². The van der Waals surface area contributed by atoms with E-state index in [0.717, 1.165) is 25.0 Å². The van der Waals surface area contributed by atoms with Crippen molar-refractivity contribution in [2.24, 2.45) is 5.73 Å². The summed E-state index contributed by atoms with van der Waals surface area (Å²) in [5.41, 5.74) is 10.8. The number of nitrogens with one attached hydrogen (secondary N) is 2. The van der Waals surface area contributed by atoms with Gasteiger partial charge in [0.15, 0.2) is 0 Å². The molecule has 0 spiro atoms. The van der Waals surface area contributed by atoms with E-state index in [1.807, 2.05) is 12.1 Å². The van der Waals surface area contributed by atoms with Crippen molar-refractivity contribution < 1.29 is 4.79 Å². The van der Waals surface area contributed by atoms with Crippen molar-refractivity contribution >= 4 is 16.8 Å². The molecular weight excluding hydrogens is 334 g/mol. The van der Waals surface area contributed by atoms with Crippen LogP contribution in [-0.2, 0) is 13.0 Å². The average Bonchev–Trinajstić information content (AvgIpc) is 3.07. The number of hydrogen-bond acceptors (Lipinski definition) is 2. The van der Waals surface area contributed by atoms with Gasteiger partial charge < -0.3 is 16.0 Å². The highest BCUT2D eigenvalue weighted by molar-refractivity contribution is 5.92. The molecule has 2 aromatic carbocycles. The second kappa shape index (κ2) is 9.38. The average molecular weight is 364 g/mol. The Morgan fingerprint density at radius 1 is 1.04 bits per heavy atom. The number of benzene rings is 2. The van der Waals surface area contributed by atoms with E-state index < -0.39 is 0 Å². The fraction of sp³-hybridized carbons (Fsp3) is 0.348. The van der Waals surface area contributed by atoms with Gasteiger partial charge in [0.1, 0.15) is 0 Å². The van der Waals surface area contributed by atoms with Crippen LogP contribution in [0.2, 0.25) is 0 Å². The minimum absolute atomic E-state index is 0.388.